The first-order valence-corrected chi connectivity index (χ1v) is 11.8. The summed E-state index contributed by atoms with van der Waals surface area (Å²) in [4.78, 5) is 0. The molecule has 23 heavy (non-hydrogen) atoms. The van der Waals surface area contributed by atoms with E-state index in [1.165, 1.54) is 0 Å². The Kier molecular flexibility index (Phi) is 5.82. The van der Waals surface area contributed by atoms with E-state index in [2.05, 4.69) is 49.8 Å². The predicted octanol–water partition coefficient (Wildman–Crippen LogP) is 4.59. The van der Waals surface area contributed by atoms with E-state index in [1.54, 1.807) is 0 Å². The van der Waals surface area contributed by atoms with E-state index < -0.39 is 8.32 Å². The molecule has 2 atom stereocenters. The number of rotatable bonds is 7. The number of epoxide rings is 1. The van der Waals surface area contributed by atoms with Gasteiger partial charge >= 0.3 is 0 Å². The summed E-state index contributed by atoms with van der Waals surface area (Å²) in [7, 11) is -1.69. The third-order valence-electron chi connectivity index (χ3n) is 4.74. The summed E-state index contributed by atoms with van der Waals surface area (Å²) in [6.07, 6.45) is 1.32. The van der Waals surface area contributed by atoms with Gasteiger partial charge in [0.25, 0.3) is 0 Å². The standard InChI is InChI=1S/C17H28BrNO3Si/c1-17(2,3)23(4,5)21-11-16-14(22-16)8-9-20-15-10-12(18)6-7-13(15)19/h6-7,10,14,16H,8-9,11,19H2,1-5H3/t14-,16+/m1/s1. The minimum atomic E-state index is -1.69. The van der Waals surface area contributed by atoms with Crippen molar-refractivity contribution in [3.8, 4) is 5.75 Å². The van der Waals surface area contributed by atoms with Gasteiger partial charge in [-0.05, 0) is 36.3 Å². The van der Waals surface area contributed by atoms with Crippen LogP contribution in [0, 0.1) is 0 Å². The second-order valence-corrected chi connectivity index (χ2v) is 13.3. The zero-order valence-corrected chi connectivity index (χ0v) is 17.3. The van der Waals surface area contributed by atoms with Gasteiger partial charge in [-0.2, -0.15) is 0 Å². The highest BCUT2D eigenvalue weighted by Crippen LogP contribution is 2.38. The summed E-state index contributed by atoms with van der Waals surface area (Å²) >= 11 is 3.42. The summed E-state index contributed by atoms with van der Waals surface area (Å²) < 4.78 is 18.6. The summed E-state index contributed by atoms with van der Waals surface area (Å²) in [5.74, 6) is 0.717. The molecule has 0 aromatic heterocycles. The lowest BCUT2D eigenvalue weighted by Gasteiger charge is -2.36. The molecule has 0 amide bonds. The molecular weight excluding hydrogens is 374 g/mol. The fourth-order valence-electron chi connectivity index (χ4n) is 2.00. The lowest BCUT2D eigenvalue weighted by Crippen LogP contribution is -2.41. The molecule has 1 aliphatic heterocycles. The fraction of sp³-hybridized carbons (Fsp3) is 0.647. The van der Waals surface area contributed by atoms with Gasteiger partial charge in [-0.25, -0.2) is 0 Å². The second-order valence-electron chi connectivity index (χ2n) is 7.60. The van der Waals surface area contributed by atoms with Crippen molar-refractivity contribution < 1.29 is 13.9 Å². The van der Waals surface area contributed by atoms with Crippen molar-refractivity contribution in [1.82, 2.24) is 0 Å². The number of ether oxygens (including phenoxy) is 2. The fourth-order valence-corrected chi connectivity index (χ4v) is 3.36. The van der Waals surface area contributed by atoms with Crippen LogP contribution in [-0.4, -0.2) is 33.7 Å². The van der Waals surface area contributed by atoms with E-state index in [-0.39, 0.29) is 17.2 Å². The van der Waals surface area contributed by atoms with Gasteiger partial charge in [0.15, 0.2) is 8.32 Å². The highest BCUT2D eigenvalue weighted by Gasteiger charge is 2.43. The monoisotopic (exact) mass is 401 g/mol. The Morgan fingerprint density at radius 1 is 1.26 bits per heavy atom. The summed E-state index contributed by atoms with van der Waals surface area (Å²) in [5, 5.41) is 0.235. The van der Waals surface area contributed by atoms with E-state index >= 15 is 0 Å². The lowest BCUT2D eigenvalue weighted by molar-refractivity contribution is 0.239. The molecule has 4 nitrogen and oxygen atoms in total. The van der Waals surface area contributed by atoms with Crippen molar-refractivity contribution in [2.45, 2.75) is 57.5 Å². The third-order valence-corrected chi connectivity index (χ3v) is 9.73. The molecule has 1 aromatic carbocycles. The number of hydrogen-bond donors (Lipinski definition) is 1. The molecule has 1 saturated heterocycles. The van der Waals surface area contributed by atoms with Crippen molar-refractivity contribution in [3.63, 3.8) is 0 Å². The topological polar surface area (TPSA) is 57.0 Å². The molecule has 1 aromatic rings. The molecule has 0 radical (unpaired) electrons. The molecule has 2 rings (SSSR count). The number of anilines is 1. The average Bonchev–Trinajstić information content (AvgIpc) is 3.18. The Morgan fingerprint density at radius 2 is 1.96 bits per heavy atom. The summed E-state index contributed by atoms with van der Waals surface area (Å²) in [6.45, 7) is 12.6. The smallest absolute Gasteiger partial charge is 0.192 e. The number of hydrogen-bond acceptors (Lipinski definition) is 4. The van der Waals surface area contributed by atoms with Gasteiger partial charge in [0, 0.05) is 10.9 Å². The largest absolute Gasteiger partial charge is 0.491 e. The maximum atomic E-state index is 6.19. The van der Waals surface area contributed by atoms with Gasteiger partial charge in [0.1, 0.15) is 11.9 Å². The molecule has 6 heteroatoms. The SMILES string of the molecule is CC(C)(C)[Si](C)(C)OC[C@@H]1O[C@@H]1CCOc1cc(Br)ccc1N. The first kappa shape index (κ1) is 18.8. The minimum absolute atomic E-state index is 0.215. The Balaban J connectivity index is 1.69. The minimum Gasteiger partial charge on any atom is -0.491 e. The van der Waals surface area contributed by atoms with E-state index in [0.29, 0.717) is 24.7 Å². The van der Waals surface area contributed by atoms with Crippen LogP contribution in [0.2, 0.25) is 18.1 Å². The van der Waals surface area contributed by atoms with Gasteiger partial charge in [-0.3, -0.25) is 0 Å². The van der Waals surface area contributed by atoms with Crippen molar-refractivity contribution in [3.05, 3.63) is 22.7 Å². The quantitative estimate of drug-likeness (QED) is 0.412. The van der Waals surface area contributed by atoms with Crippen molar-refractivity contribution in [2.75, 3.05) is 18.9 Å². The predicted molar refractivity (Wildman–Crippen MR) is 100 cm³/mol. The van der Waals surface area contributed by atoms with E-state index in [0.717, 1.165) is 10.9 Å². The molecule has 1 heterocycles. The number of nitrogens with two attached hydrogens (primary N) is 1. The van der Waals surface area contributed by atoms with Crippen LogP contribution in [0.15, 0.2) is 22.7 Å². The maximum Gasteiger partial charge on any atom is 0.192 e. The molecule has 2 N–H and O–H groups in total. The number of halogens is 1. The third kappa shape index (κ3) is 5.21. The van der Waals surface area contributed by atoms with Gasteiger partial charge in [0.05, 0.1) is 25.0 Å². The van der Waals surface area contributed by atoms with E-state index in [1.807, 2.05) is 18.2 Å². The Bertz CT molecular complexity index is 545. The van der Waals surface area contributed by atoms with Crippen molar-refractivity contribution in [2.24, 2.45) is 0 Å². The molecule has 0 saturated carbocycles. The van der Waals surface area contributed by atoms with Crippen LogP contribution >= 0.6 is 15.9 Å². The lowest BCUT2D eigenvalue weighted by atomic mass is 10.2. The molecular formula is C17H28BrNO3Si. The van der Waals surface area contributed by atoms with Crippen LogP contribution in [0.3, 0.4) is 0 Å². The second kappa shape index (κ2) is 7.13. The first-order valence-electron chi connectivity index (χ1n) is 8.07. The Morgan fingerprint density at radius 3 is 2.61 bits per heavy atom. The normalized spacial score (nSPS) is 21.3. The number of benzene rings is 1. The van der Waals surface area contributed by atoms with Gasteiger partial charge in [-0.1, -0.05) is 36.7 Å². The summed E-state index contributed by atoms with van der Waals surface area (Å²) in [5.41, 5.74) is 6.55. The summed E-state index contributed by atoms with van der Waals surface area (Å²) in [6, 6.07) is 5.63. The molecule has 1 aliphatic rings. The molecule has 0 bridgehead atoms. The first-order chi connectivity index (χ1) is 10.6. The highest BCUT2D eigenvalue weighted by molar-refractivity contribution is 9.10. The van der Waals surface area contributed by atoms with Gasteiger partial charge in [0.2, 0.25) is 0 Å². The zero-order chi connectivity index (χ0) is 17.3. The van der Waals surface area contributed by atoms with E-state index in [9.17, 15) is 0 Å². The molecule has 0 spiro atoms. The van der Waals surface area contributed by atoms with Crippen LogP contribution in [0.25, 0.3) is 0 Å². The Labute approximate surface area is 148 Å². The molecule has 1 fully saturated rings. The highest BCUT2D eigenvalue weighted by atomic mass is 79.9. The van der Waals surface area contributed by atoms with Crippen molar-refractivity contribution in [1.29, 1.82) is 0 Å². The van der Waals surface area contributed by atoms with E-state index in [4.69, 9.17) is 19.6 Å². The number of nitrogen functional groups attached to an aromatic ring is 1. The van der Waals surface area contributed by atoms with Crippen LogP contribution in [0.1, 0.15) is 27.2 Å². The Hall–Kier alpha value is -0.563. The molecule has 0 unspecified atom stereocenters. The van der Waals surface area contributed by atoms with Crippen LogP contribution in [-0.2, 0) is 9.16 Å². The average molecular weight is 402 g/mol. The zero-order valence-electron chi connectivity index (χ0n) is 14.7. The van der Waals surface area contributed by atoms with Crippen molar-refractivity contribution >= 4 is 29.9 Å². The van der Waals surface area contributed by atoms with Crippen LogP contribution < -0.4 is 10.5 Å². The molecule has 130 valence electrons. The van der Waals surface area contributed by atoms with Crippen LogP contribution in [0.4, 0.5) is 5.69 Å². The van der Waals surface area contributed by atoms with Gasteiger partial charge < -0.3 is 19.6 Å². The van der Waals surface area contributed by atoms with Gasteiger partial charge in [-0.15, -0.1) is 0 Å². The molecule has 0 aliphatic carbocycles. The van der Waals surface area contributed by atoms with Crippen LogP contribution in [0.5, 0.6) is 5.75 Å². The maximum absolute atomic E-state index is 6.19.